The van der Waals surface area contributed by atoms with Crippen molar-refractivity contribution in [3.8, 4) is 11.9 Å². The Bertz CT molecular complexity index is 583. The van der Waals surface area contributed by atoms with Gasteiger partial charge in [-0.3, -0.25) is 4.90 Å². The Morgan fingerprint density at radius 1 is 1.18 bits per heavy atom. The number of rotatable bonds is 2. The largest absolute Gasteiger partial charge is 0.507 e. The number of phenols is 1. The van der Waals surface area contributed by atoms with E-state index in [2.05, 4.69) is 0 Å². The Morgan fingerprint density at radius 3 is 1.86 bits per heavy atom. The first-order chi connectivity index (χ1) is 9.87. The third kappa shape index (κ3) is 4.11. The maximum Gasteiger partial charge on any atom is 0.186 e. The number of aromatic hydroxyl groups is 1. The summed E-state index contributed by atoms with van der Waals surface area (Å²) in [4.78, 5) is 1.26. The number of thiocarbonyl (C=S) groups is 1. The molecule has 0 aliphatic rings. The van der Waals surface area contributed by atoms with Crippen molar-refractivity contribution in [2.75, 3.05) is 0 Å². The van der Waals surface area contributed by atoms with Gasteiger partial charge in [0.25, 0.3) is 0 Å². The van der Waals surface area contributed by atoms with E-state index >= 15 is 0 Å². The summed E-state index contributed by atoms with van der Waals surface area (Å²) in [5, 5.41) is 19.8. The lowest BCUT2D eigenvalue weighted by molar-refractivity contribution is 0.421. The highest BCUT2D eigenvalue weighted by Crippen LogP contribution is 2.39. The van der Waals surface area contributed by atoms with Crippen LogP contribution in [0.3, 0.4) is 0 Å². The summed E-state index contributed by atoms with van der Waals surface area (Å²) >= 11 is 4.89. The van der Waals surface area contributed by atoms with Gasteiger partial charge in [-0.25, -0.2) is 0 Å². The number of nitrogens with two attached hydrogens (primary N) is 1. The van der Waals surface area contributed by atoms with Crippen molar-refractivity contribution < 1.29 is 5.11 Å². The van der Waals surface area contributed by atoms with Crippen molar-refractivity contribution in [1.82, 2.24) is 4.90 Å². The number of phenolic OH excluding ortho intramolecular Hbond substituents is 1. The molecule has 0 atom stereocenters. The van der Waals surface area contributed by atoms with Crippen molar-refractivity contribution in [3.63, 3.8) is 0 Å². The van der Waals surface area contributed by atoms with Crippen LogP contribution in [0.15, 0.2) is 12.1 Å². The van der Waals surface area contributed by atoms with E-state index in [4.69, 9.17) is 23.2 Å². The number of nitrogens with zero attached hydrogens (tertiary/aromatic N) is 2. The van der Waals surface area contributed by atoms with Crippen molar-refractivity contribution in [2.24, 2.45) is 5.73 Å². The number of benzene rings is 1. The van der Waals surface area contributed by atoms with E-state index in [1.807, 2.05) is 59.9 Å². The molecule has 0 aromatic heterocycles. The smallest absolute Gasteiger partial charge is 0.186 e. The second-order valence-corrected chi connectivity index (χ2v) is 7.98. The van der Waals surface area contributed by atoms with E-state index in [9.17, 15) is 5.11 Å². The number of hydrogen-bond acceptors (Lipinski definition) is 3. The Labute approximate surface area is 138 Å². The van der Waals surface area contributed by atoms with Crippen molar-refractivity contribution in [3.05, 3.63) is 28.8 Å². The maximum absolute atomic E-state index is 10.7. The van der Waals surface area contributed by atoms with Crippen LogP contribution in [0.25, 0.3) is 0 Å². The van der Waals surface area contributed by atoms with Gasteiger partial charge in [0.1, 0.15) is 5.75 Å². The van der Waals surface area contributed by atoms with Crippen LogP contribution < -0.4 is 5.73 Å². The molecule has 120 valence electrons. The normalized spacial score (nSPS) is 11.9. The zero-order valence-electron chi connectivity index (χ0n) is 14.2. The fourth-order valence-electron chi connectivity index (χ4n) is 2.27. The summed E-state index contributed by atoms with van der Waals surface area (Å²) in [6.45, 7) is 12.6. The van der Waals surface area contributed by atoms with Crippen LogP contribution in [0.4, 0.5) is 0 Å². The second-order valence-electron chi connectivity index (χ2n) is 7.56. The number of nitriles is 1. The van der Waals surface area contributed by atoms with Crippen molar-refractivity contribution in [1.29, 1.82) is 5.26 Å². The van der Waals surface area contributed by atoms with E-state index in [-0.39, 0.29) is 15.9 Å². The summed E-state index contributed by atoms with van der Waals surface area (Å²) in [7, 11) is 0. The van der Waals surface area contributed by atoms with Crippen LogP contribution in [-0.4, -0.2) is 15.1 Å². The molecule has 0 unspecified atom stereocenters. The van der Waals surface area contributed by atoms with Crippen LogP contribution in [0.1, 0.15) is 58.2 Å². The van der Waals surface area contributed by atoms with Gasteiger partial charge in [0, 0.05) is 0 Å². The fourth-order valence-corrected chi connectivity index (χ4v) is 2.38. The number of hydrogen-bond donors (Lipinski definition) is 2. The molecule has 0 heterocycles. The molecule has 0 bridgehead atoms. The van der Waals surface area contributed by atoms with Gasteiger partial charge >= 0.3 is 0 Å². The lowest BCUT2D eigenvalue weighted by Gasteiger charge is -2.28. The molecular weight excluding hydrogens is 294 g/mol. The molecule has 0 radical (unpaired) electrons. The molecule has 4 nitrogen and oxygen atoms in total. The fraction of sp³-hybridized carbons (Fsp3) is 0.529. The molecule has 5 heteroatoms. The Morgan fingerprint density at radius 2 is 1.59 bits per heavy atom. The first kappa shape index (κ1) is 18.2. The summed E-state index contributed by atoms with van der Waals surface area (Å²) in [6, 6.07) is 3.85. The minimum absolute atomic E-state index is 0.0465. The molecule has 0 aliphatic heterocycles. The highest BCUT2D eigenvalue weighted by atomic mass is 32.1. The average molecular weight is 319 g/mol. The van der Waals surface area contributed by atoms with Crippen molar-refractivity contribution >= 4 is 17.3 Å². The highest BCUT2D eigenvalue weighted by molar-refractivity contribution is 7.80. The maximum atomic E-state index is 10.7. The standard InChI is InChI=1S/C17H25N3OS/c1-16(2,3)12-7-11(9-20(10-18)15(19)22)8-13(14(12)21)17(4,5)6/h7-8,21H,9H2,1-6H3,(H2,19,22). The van der Waals surface area contributed by atoms with Crippen LogP contribution in [0.2, 0.25) is 0 Å². The minimum atomic E-state index is -0.208. The molecule has 22 heavy (non-hydrogen) atoms. The lowest BCUT2D eigenvalue weighted by Crippen LogP contribution is -2.31. The molecule has 0 saturated heterocycles. The first-order valence-corrected chi connectivity index (χ1v) is 7.62. The summed E-state index contributed by atoms with van der Waals surface area (Å²) in [6.07, 6.45) is 1.99. The zero-order valence-corrected chi connectivity index (χ0v) is 15.0. The summed E-state index contributed by atoms with van der Waals surface area (Å²) < 4.78 is 0. The third-order valence-electron chi connectivity index (χ3n) is 3.51. The monoisotopic (exact) mass is 319 g/mol. The van der Waals surface area contributed by atoms with Gasteiger partial charge in [0.15, 0.2) is 11.3 Å². The Kier molecular flexibility index (Phi) is 5.09. The molecule has 1 aromatic carbocycles. The van der Waals surface area contributed by atoms with Crippen LogP contribution in [0, 0.1) is 11.5 Å². The van der Waals surface area contributed by atoms with Gasteiger partial charge in [-0.15, -0.1) is 0 Å². The van der Waals surface area contributed by atoms with Gasteiger partial charge in [-0.05, 0) is 51.9 Å². The predicted molar refractivity (Wildman–Crippen MR) is 93.4 cm³/mol. The second kappa shape index (κ2) is 6.13. The molecule has 0 spiro atoms. The van der Waals surface area contributed by atoms with Gasteiger partial charge in [-0.2, -0.15) is 5.26 Å². The highest BCUT2D eigenvalue weighted by Gasteiger charge is 2.26. The third-order valence-corrected chi connectivity index (χ3v) is 3.73. The first-order valence-electron chi connectivity index (χ1n) is 7.21. The molecule has 1 rings (SSSR count). The SMILES string of the molecule is CC(C)(C)c1cc(CN(C#N)C(N)=S)cc(C(C)(C)C)c1O. The minimum Gasteiger partial charge on any atom is -0.507 e. The Hall–Kier alpha value is -1.80. The van der Waals surface area contributed by atoms with E-state index < -0.39 is 0 Å². The molecule has 0 amide bonds. The Balaban J connectivity index is 3.49. The van der Waals surface area contributed by atoms with E-state index in [1.54, 1.807) is 0 Å². The molecule has 1 aromatic rings. The van der Waals surface area contributed by atoms with Crippen LogP contribution in [0.5, 0.6) is 5.75 Å². The molecule has 0 saturated carbocycles. The molecule has 0 fully saturated rings. The molecule has 0 aliphatic carbocycles. The lowest BCUT2D eigenvalue weighted by atomic mass is 9.78. The van der Waals surface area contributed by atoms with Crippen LogP contribution in [-0.2, 0) is 17.4 Å². The molecule has 3 N–H and O–H groups in total. The summed E-state index contributed by atoms with van der Waals surface area (Å²) in [5.74, 6) is 0.322. The van der Waals surface area contributed by atoms with Gasteiger partial charge in [0.05, 0.1) is 6.54 Å². The topological polar surface area (TPSA) is 73.3 Å². The predicted octanol–water partition coefficient (Wildman–Crippen LogP) is 3.51. The quantitative estimate of drug-likeness (QED) is 0.496. The van der Waals surface area contributed by atoms with E-state index in [0.717, 1.165) is 16.7 Å². The van der Waals surface area contributed by atoms with Crippen LogP contribution >= 0.6 is 12.2 Å². The van der Waals surface area contributed by atoms with Gasteiger partial charge in [0.2, 0.25) is 0 Å². The van der Waals surface area contributed by atoms with Gasteiger partial charge in [-0.1, -0.05) is 41.5 Å². The zero-order chi connectivity index (χ0) is 17.3. The molecular formula is C17H25N3OS. The average Bonchev–Trinajstić information content (AvgIpc) is 2.34. The van der Waals surface area contributed by atoms with Crippen molar-refractivity contribution in [2.45, 2.75) is 58.9 Å². The van der Waals surface area contributed by atoms with Gasteiger partial charge < -0.3 is 10.8 Å². The van der Waals surface area contributed by atoms with E-state index in [1.165, 1.54) is 4.90 Å². The van der Waals surface area contributed by atoms with E-state index in [0.29, 0.717) is 12.3 Å². The summed E-state index contributed by atoms with van der Waals surface area (Å²) in [5.41, 5.74) is 7.76.